The first-order chi connectivity index (χ1) is 3.41. The number of rotatable bonds is 4. The summed E-state index contributed by atoms with van der Waals surface area (Å²) in [7, 11) is 2.63. The van der Waals surface area contributed by atoms with Gasteiger partial charge in [0, 0.05) is 6.42 Å². The summed E-state index contributed by atoms with van der Waals surface area (Å²) >= 11 is 0. The van der Waals surface area contributed by atoms with Crippen molar-refractivity contribution in [2.24, 2.45) is 0 Å². The second-order valence-electron chi connectivity index (χ2n) is 1.45. The maximum absolute atomic E-state index is 9.67. The fourth-order valence-corrected chi connectivity index (χ4v) is 0.661. The third-order valence-corrected chi connectivity index (χ3v) is 1.18. The van der Waals surface area contributed by atoms with Crippen molar-refractivity contribution in [3.8, 4) is 0 Å². The fourth-order valence-electron chi connectivity index (χ4n) is 0.372. The summed E-state index contributed by atoms with van der Waals surface area (Å²) in [4.78, 5) is 9.67. The van der Waals surface area contributed by atoms with Crippen LogP contribution in [0.3, 0.4) is 0 Å². The molecule has 0 spiro atoms. The third kappa shape index (κ3) is 17.7. The zero-order valence-corrected chi connectivity index (χ0v) is 5.55. The normalized spacial score (nSPS) is 6.78. The van der Waals surface area contributed by atoms with Gasteiger partial charge in [-0.1, -0.05) is 0 Å². The molecule has 0 saturated heterocycles. The average Bonchev–Trinajstić information content (AvgIpc) is 1.69. The van der Waals surface area contributed by atoms with Crippen LogP contribution in [0, 0.1) is 0 Å². The molecular weight excluding hydrogens is 174 g/mol. The predicted molar refractivity (Wildman–Crippen MR) is 53.0 cm³/mol. The summed E-state index contributed by atoms with van der Waals surface area (Å²) in [6, 6.07) is 0. The Morgan fingerprint density at radius 1 is 1.33 bits per heavy atom. The van der Waals surface area contributed by atoms with Gasteiger partial charge in [0.25, 0.3) is 0 Å². The second-order valence-corrected chi connectivity index (χ2v) is 2.03. The van der Waals surface area contributed by atoms with Gasteiger partial charge in [-0.3, -0.25) is 0 Å². The topological polar surface area (TPSA) is 17.1 Å². The van der Waals surface area contributed by atoms with Crippen LogP contribution in [0.2, 0.25) is 0 Å². The zero-order valence-electron chi connectivity index (χ0n) is 4.39. The van der Waals surface area contributed by atoms with Gasteiger partial charge in [0.2, 0.25) is 0 Å². The van der Waals surface area contributed by atoms with Crippen LogP contribution in [0.25, 0.3) is 0 Å². The Bertz CT molecular complexity index is 54.2. The summed E-state index contributed by atoms with van der Waals surface area (Å²) in [5.74, 6) is 0. The molecule has 0 N–H and O–H groups in total. The minimum absolute atomic E-state index is 0. The monoisotopic (exact) mass is 190 g/mol. The van der Waals surface area contributed by atoms with Gasteiger partial charge < -0.3 is 4.79 Å². The number of carbonyl (C=O) groups is 1. The number of hydrogen-bond acceptors (Lipinski definition) is 1. The predicted octanol–water partition coefficient (Wildman–Crippen LogP) is -0.869. The first-order valence-corrected chi connectivity index (χ1v) is 3.37. The molecule has 0 aromatic carbocycles. The molecule has 0 radical (unpaired) electrons. The summed E-state index contributed by atoms with van der Waals surface area (Å²) < 4.78 is 0. The Balaban J connectivity index is -0.000000180. The first-order valence-electron chi connectivity index (χ1n) is 2.55. The van der Waals surface area contributed by atoms with Crippen molar-refractivity contribution in [3.63, 3.8) is 0 Å². The molecular formula is C5H16AlCaOP. The van der Waals surface area contributed by atoms with Crippen molar-refractivity contribution in [1.82, 2.24) is 0 Å². The van der Waals surface area contributed by atoms with E-state index in [9.17, 15) is 4.79 Å². The van der Waals surface area contributed by atoms with E-state index in [4.69, 9.17) is 0 Å². The average molecular weight is 190 g/mol. The van der Waals surface area contributed by atoms with Crippen molar-refractivity contribution in [2.45, 2.75) is 19.3 Å². The van der Waals surface area contributed by atoms with Crippen LogP contribution >= 0.6 is 9.24 Å². The Kier molecular flexibility index (Phi) is 31.3. The molecule has 0 heterocycles. The maximum atomic E-state index is 9.67. The van der Waals surface area contributed by atoms with Crippen molar-refractivity contribution in [3.05, 3.63) is 0 Å². The molecule has 0 bridgehead atoms. The molecule has 4 heteroatoms. The number of hydrogen-bond donors (Lipinski definition) is 0. The van der Waals surface area contributed by atoms with Crippen LogP contribution in [0.4, 0.5) is 0 Å². The molecule has 0 saturated carbocycles. The van der Waals surface area contributed by atoms with E-state index in [0.717, 1.165) is 31.7 Å². The summed E-state index contributed by atoms with van der Waals surface area (Å²) in [6.07, 6.45) is 5.03. The quantitative estimate of drug-likeness (QED) is 0.244. The molecule has 52 valence electrons. The number of carbonyl (C=O) groups excluding carboxylic acids is 1. The third-order valence-electron chi connectivity index (χ3n) is 0.776. The van der Waals surface area contributed by atoms with Gasteiger partial charge in [0.1, 0.15) is 6.29 Å². The number of aldehydes is 1. The molecule has 0 aliphatic heterocycles. The fraction of sp³-hybridized carbons (Fsp3) is 0.800. The van der Waals surface area contributed by atoms with Crippen molar-refractivity contribution in [1.29, 1.82) is 0 Å². The van der Waals surface area contributed by atoms with E-state index in [1.807, 2.05) is 0 Å². The SMILES string of the molecule is O=CCCCCP.[AlH3].[CaH2]. The summed E-state index contributed by atoms with van der Waals surface area (Å²) in [5.41, 5.74) is 0. The van der Waals surface area contributed by atoms with Crippen molar-refractivity contribution in [2.75, 3.05) is 6.16 Å². The van der Waals surface area contributed by atoms with Gasteiger partial charge in [-0.2, -0.15) is 0 Å². The van der Waals surface area contributed by atoms with Crippen LogP contribution in [0.15, 0.2) is 0 Å². The molecule has 0 rings (SSSR count). The van der Waals surface area contributed by atoms with Crippen LogP contribution in [0.1, 0.15) is 19.3 Å². The van der Waals surface area contributed by atoms with Gasteiger partial charge in [0.15, 0.2) is 17.4 Å². The molecule has 0 aliphatic rings. The Morgan fingerprint density at radius 3 is 2.22 bits per heavy atom. The summed E-state index contributed by atoms with van der Waals surface area (Å²) in [5, 5.41) is 0. The van der Waals surface area contributed by atoms with E-state index in [1.165, 1.54) is 0 Å². The molecule has 0 aliphatic carbocycles. The number of unbranched alkanes of at least 4 members (excludes halogenated alkanes) is 2. The molecule has 0 aromatic rings. The molecule has 1 unspecified atom stereocenters. The Labute approximate surface area is 99.7 Å². The minimum atomic E-state index is 0. The van der Waals surface area contributed by atoms with Gasteiger partial charge in [-0.15, -0.1) is 9.24 Å². The van der Waals surface area contributed by atoms with E-state index in [2.05, 4.69) is 9.24 Å². The molecule has 9 heavy (non-hydrogen) atoms. The van der Waals surface area contributed by atoms with Crippen molar-refractivity contribution >= 4 is 70.6 Å². The van der Waals surface area contributed by atoms with Crippen LogP contribution in [-0.2, 0) is 4.79 Å². The Morgan fingerprint density at radius 2 is 1.89 bits per heavy atom. The first kappa shape index (κ1) is 17.1. The van der Waals surface area contributed by atoms with Crippen LogP contribution in [0.5, 0.6) is 0 Å². The van der Waals surface area contributed by atoms with Gasteiger partial charge in [-0.05, 0) is 19.0 Å². The van der Waals surface area contributed by atoms with E-state index in [0.29, 0.717) is 0 Å². The molecule has 0 fully saturated rings. The standard InChI is InChI=1S/C5H11OP.Al.Ca.5H/c6-4-2-1-3-5-7;;;;;;;/h4H,1-3,5,7H2;;;;;;;. The van der Waals surface area contributed by atoms with E-state index >= 15 is 0 Å². The van der Waals surface area contributed by atoms with Gasteiger partial charge >= 0.3 is 37.7 Å². The molecule has 0 amide bonds. The van der Waals surface area contributed by atoms with Crippen LogP contribution in [-0.4, -0.2) is 67.5 Å². The molecule has 1 nitrogen and oxygen atoms in total. The zero-order chi connectivity index (χ0) is 5.54. The van der Waals surface area contributed by atoms with Crippen LogP contribution < -0.4 is 0 Å². The second kappa shape index (κ2) is 16.5. The molecule has 0 aromatic heterocycles. The Hall–Kier alpha value is 1.89. The molecule has 1 atom stereocenters. The van der Waals surface area contributed by atoms with Crippen molar-refractivity contribution < 1.29 is 4.79 Å². The van der Waals surface area contributed by atoms with Gasteiger partial charge in [-0.25, -0.2) is 0 Å². The van der Waals surface area contributed by atoms with E-state index < -0.39 is 0 Å². The van der Waals surface area contributed by atoms with Gasteiger partial charge in [0.05, 0.1) is 0 Å². The van der Waals surface area contributed by atoms with E-state index in [1.54, 1.807) is 0 Å². The van der Waals surface area contributed by atoms with E-state index in [-0.39, 0.29) is 55.1 Å². The summed E-state index contributed by atoms with van der Waals surface area (Å²) in [6.45, 7) is 0.